The second-order valence-electron chi connectivity index (χ2n) is 5.48. The molecule has 3 rings (SSSR count). The topological polar surface area (TPSA) is 96.1 Å². The Hall–Kier alpha value is -3.19. The normalized spacial score (nSPS) is 10.6. The minimum Gasteiger partial charge on any atom is -0.493 e. The van der Waals surface area contributed by atoms with Gasteiger partial charge in [0.2, 0.25) is 11.6 Å². The number of aliphatic hydroxyl groups excluding tert-OH is 1. The van der Waals surface area contributed by atoms with E-state index >= 15 is 0 Å². The van der Waals surface area contributed by atoms with Crippen LogP contribution < -0.4 is 24.7 Å². The molecule has 0 aliphatic carbocycles. The molecule has 26 heavy (non-hydrogen) atoms. The summed E-state index contributed by atoms with van der Waals surface area (Å²) in [5.41, 5.74) is 7.90. The Morgan fingerprint density at radius 1 is 0.962 bits per heavy atom. The molecular weight excluding hydrogens is 336 g/mol. The van der Waals surface area contributed by atoms with E-state index in [1.165, 1.54) is 21.3 Å². The summed E-state index contributed by atoms with van der Waals surface area (Å²) in [5, 5.41) is 10.1. The van der Waals surface area contributed by atoms with Crippen LogP contribution in [0.5, 0.6) is 28.9 Å². The van der Waals surface area contributed by atoms with Crippen molar-refractivity contribution in [3.05, 3.63) is 42.0 Å². The van der Waals surface area contributed by atoms with Crippen LogP contribution in [0.25, 0.3) is 10.9 Å². The van der Waals surface area contributed by atoms with Gasteiger partial charge in [0, 0.05) is 34.8 Å². The van der Waals surface area contributed by atoms with Gasteiger partial charge in [-0.15, -0.1) is 0 Å². The number of nitrogens with zero attached hydrogens (tertiary/aromatic N) is 1. The second kappa shape index (κ2) is 7.37. The van der Waals surface area contributed by atoms with Crippen LogP contribution in [0, 0.1) is 0 Å². The molecule has 0 aliphatic rings. The van der Waals surface area contributed by atoms with Crippen LogP contribution in [-0.2, 0) is 6.61 Å². The summed E-state index contributed by atoms with van der Waals surface area (Å²) in [6, 6.07) is 10.4. The molecule has 0 amide bonds. The number of hydrogen-bond acceptors (Lipinski definition) is 7. The first-order valence-electron chi connectivity index (χ1n) is 7.88. The van der Waals surface area contributed by atoms with Crippen molar-refractivity contribution in [2.45, 2.75) is 6.61 Å². The van der Waals surface area contributed by atoms with Gasteiger partial charge in [-0.2, -0.15) is 0 Å². The van der Waals surface area contributed by atoms with Crippen molar-refractivity contribution < 1.29 is 24.1 Å². The maximum absolute atomic E-state index is 9.31. The number of aliphatic hydroxyl groups is 1. The molecule has 0 saturated heterocycles. The van der Waals surface area contributed by atoms with Gasteiger partial charge in [-0.1, -0.05) is 6.07 Å². The van der Waals surface area contributed by atoms with Crippen molar-refractivity contribution in [2.75, 3.05) is 27.1 Å². The maximum atomic E-state index is 9.31. The van der Waals surface area contributed by atoms with Gasteiger partial charge in [0.15, 0.2) is 11.5 Å². The lowest BCUT2D eigenvalue weighted by atomic mass is 10.1. The van der Waals surface area contributed by atoms with Crippen LogP contribution in [0.1, 0.15) is 5.56 Å². The van der Waals surface area contributed by atoms with Gasteiger partial charge in [0.1, 0.15) is 5.75 Å². The number of nitrogen functional groups attached to an aromatic ring is 1. The highest BCUT2D eigenvalue weighted by Crippen LogP contribution is 2.41. The third-order valence-corrected chi connectivity index (χ3v) is 4.01. The van der Waals surface area contributed by atoms with Gasteiger partial charge < -0.3 is 29.8 Å². The van der Waals surface area contributed by atoms with E-state index in [0.717, 1.165) is 5.39 Å². The SMILES string of the molecule is COc1cc(Oc2ccc3c(N)c(CO)ccc3n2)cc(OC)c1OC. The third-order valence-electron chi connectivity index (χ3n) is 4.01. The molecule has 3 aromatic rings. The maximum Gasteiger partial charge on any atom is 0.219 e. The number of benzene rings is 2. The fourth-order valence-corrected chi connectivity index (χ4v) is 2.68. The number of pyridine rings is 1. The van der Waals surface area contributed by atoms with Gasteiger partial charge in [-0.3, -0.25) is 0 Å². The first kappa shape index (κ1) is 17.6. The molecule has 3 N–H and O–H groups in total. The standard InChI is InChI=1S/C19H20N2O5/c1-23-15-8-12(9-16(24-2)19(15)25-3)26-17-7-5-13-14(21-17)6-4-11(10-22)18(13)20/h4-9,22H,10,20H2,1-3H3. The molecule has 7 nitrogen and oxygen atoms in total. The molecule has 0 atom stereocenters. The van der Waals surface area contributed by atoms with Crippen molar-refractivity contribution in [3.8, 4) is 28.9 Å². The van der Waals surface area contributed by atoms with Gasteiger partial charge in [-0.05, 0) is 12.1 Å². The molecular formula is C19H20N2O5. The van der Waals surface area contributed by atoms with Gasteiger partial charge in [0.25, 0.3) is 0 Å². The number of ether oxygens (including phenoxy) is 4. The van der Waals surface area contributed by atoms with E-state index in [1.807, 2.05) is 6.07 Å². The molecule has 0 unspecified atom stereocenters. The summed E-state index contributed by atoms with van der Waals surface area (Å²) in [7, 11) is 4.62. The minimum absolute atomic E-state index is 0.120. The van der Waals surface area contributed by atoms with Crippen molar-refractivity contribution >= 4 is 16.6 Å². The van der Waals surface area contributed by atoms with Gasteiger partial charge in [0.05, 0.1) is 33.5 Å². The van der Waals surface area contributed by atoms with Crippen LogP contribution in [0.2, 0.25) is 0 Å². The van der Waals surface area contributed by atoms with Gasteiger partial charge in [-0.25, -0.2) is 4.98 Å². The first-order chi connectivity index (χ1) is 12.6. The number of methoxy groups -OCH3 is 3. The zero-order valence-electron chi connectivity index (χ0n) is 14.8. The van der Waals surface area contributed by atoms with Crippen molar-refractivity contribution in [1.29, 1.82) is 0 Å². The summed E-state index contributed by atoms with van der Waals surface area (Å²) in [6.07, 6.45) is 0. The fourth-order valence-electron chi connectivity index (χ4n) is 2.68. The van der Waals surface area contributed by atoms with Gasteiger partial charge >= 0.3 is 0 Å². The molecule has 0 saturated carbocycles. The summed E-state index contributed by atoms with van der Waals surface area (Å²) in [4.78, 5) is 4.46. The monoisotopic (exact) mass is 356 g/mol. The Bertz CT molecular complexity index is 918. The lowest BCUT2D eigenvalue weighted by Gasteiger charge is -2.14. The molecule has 0 fully saturated rings. The zero-order chi connectivity index (χ0) is 18.7. The molecule has 136 valence electrons. The highest BCUT2D eigenvalue weighted by Gasteiger charge is 2.15. The van der Waals surface area contributed by atoms with E-state index in [4.69, 9.17) is 24.7 Å². The molecule has 1 heterocycles. The fraction of sp³-hybridized carbons (Fsp3) is 0.211. The predicted octanol–water partition coefficient (Wildman–Crippen LogP) is 3.13. The molecule has 2 aromatic carbocycles. The number of aromatic nitrogens is 1. The number of nitrogens with two attached hydrogens (primary N) is 1. The molecule has 0 bridgehead atoms. The highest BCUT2D eigenvalue weighted by atomic mass is 16.5. The Morgan fingerprint density at radius 3 is 2.23 bits per heavy atom. The van der Waals surface area contributed by atoms with Crippen molar-refractivity contribution in [3.63, 3.8) is 0 Å². The van der Waals surface area contributed by atoms with Crippen LogP contribution in [0.15, 0.2) is 36.4 Å². The lowest BCUT2D eigenvalue weighted by molar-refractivity contribution is 0.282. The van der Waals surface area contributed by atoms with E-state index in [1.54, 1.807) is 30.3 Å². The van der Waals surface area contributed by atoms with E-state index in [-0.39, 0.29) is 6.61 Å². The molecule has 7 heteroatoms. The van der Waals surface area contributed by atoms with E-state index in [2.05, 4.69) is 4.98 Å². The number of rotatable bonds is 6. The number of fused-ring (bicyclic) bond motifs is 1. The average molecular weight is 356 g/mol. The molecule has 0 spiro atoms. The second-order valence-corrected chi connectivity index (χ2v) is 5.48. The molecule has 1 aromatic heterocycles. The lowest BCUT2D eigenvalue weighted by Crippen LogP contribution is -1.98. The van der Waals surface area contributed by atoms with Crippen LogP contribution >= 0.6 is 0 Å². The minimum atomic E-state index is -0.120. The van der Waals surface area contributed by atoms with E-state index < -0.39 is 0 Å². The van der Waals surface area contributed by atoms with Crippen molar-refractivity contribution in [2.24, 2.45) is 0 Å². The zero-order valence-corrected chi connectivity index (χ0v) is 14.8. The highest BCUT2D eigenvalue weighted by molar-refractivity contribution is 5.92. The Labute approximate surface area is 150 Å². The summed E-state index contributed by atoms with van der Waals surface area (Å²) < 4.78 is 21.8. The van der Waals surface area contributed by atoms with E-state index in [9.17, 15) is 5.11 Å². The average Bonchev–Trinajstić information content (AvgIpc) is 2.67. The summed E-state index contributed by atoms with van der Waals surface area (Å²) >= 11 is 0. The first-order valence-corrected chi connectivity index (χ1v) is 7.88. The largest absolute Gasteiger partial charge is 0.493 e. The summed E-state index contributed by atoms with van der Waals surface area (Å²) in [5.74, 6) is 2.34. The smallest absolute Gasteiger partial charge is 0.219 e. The van der Waals surface area contributed by atoms with Crippen LogP contribution in [0.4, 0.5) is 5.69 Å². The Kier molecular flexibility index (Phi) is 4.99. The van der Waals surface area contributed by atoms with Crippen LogP contribution in [0.3, 0.4) is 0 Å². The quantitative estimate of drug-likeness (QED) is 0.655. The number of hydrogen-bond donors (Lipinski definition) is 2. The van der Waals surface area contributed by atoms with E-state index in [0.29, 0.717) is 45.6 Å². The molecule has 0 aliphatic heterocycles. The number of anilines is 1. The molecule has 0 radical (unpaired) electrons. The van der Waals surface area contributed by atoms with Crippen molar-refractivity contribution in [1.82, 2.24) is 4.98 Å². The Morgan fingerprint density at radius 2 is 1.65 bits per heavy atom. The predicted molar refractivity (Wildman–Crippen MR) is 98.3 cm³/mol. The third kappa shape index (κ3) is 3.16. The summed E-state index contributed by atoms with van der Waals surface area (Å²) in [6.45, 7) is -0.120. The Balaban J connectivity index is 1.98. The van der Waals surface area contributed by atoms with Crippen LogP contribution in [-0.4, -0.2) is 31.4 Å².